The van der Waals surface area contributed by atoms with E-state index >= 15 is 0 Å². The van der Waals surface area contributed by atoms with Gasteiger partial charge in [-0.2, -0.15) is 0 Å². The normalized spacial score (nSPS) is 29.7. The molecule has 0 aromatic heterocycles. The zero-order valence-electron chi connectivity index (χ0n) is 18.6. The summed E-state index contributed by atoms with van der Waals surface area (Å²) in [7, 11) is 1.61. The number of benzene rings is 1. The van der Waals surface area contributed by atoms with E-state index in [1.165, 1.54) is 38.5 Å². The Hall–Kier alpha value is -1.46. The first-order chi connectivity index (χ1) is 14.1. The molecule has 1 aromatic rings. The summed E-state index contributed by atoms with van der Waals surface area (Å²) >= 11 is 6.59. The van der Waals surface area contributed by atoms with Crippen molar-refractivity contribution in [1.82, 2.24) is 10.6 Å². The van der Waals surface area contributed by atoms with Gasteiger partial charge in [0.25, 0.3) is 5.91 Å². The smallest absolute Gasteiger partial charge is 0.258 e. The lowest BCUT2D eigenvalue weighted by atomic mass is 9.53. The van der Waals surface area contributed by atoms with E-state index in [-0.39, 0.29) is 23.6 Å². The van der Waals surface area contributed by atoms with E-state index in [1.807, 2.05) is 26.8 Å². The molecule has 0 spiro atoms. The Bertz CT molecular complexity index is 767. The maximum absolute atomic E-state index is 12.1. The van der Waals surface area contributed by atoms with Crippen molar-refractivity contribution in [2.45, 2.75) is 76.9 Å². The predicted molar refractivity (Wildman–Crippen MR) is 119 cm³/mol. The number of carbonyl (C=O) groups is 1. The summed E-state index contributed by atoms with van der Waals surface area (Å²) in [6.07, 6.45) is 8.21. The topological polar surface area (TPSA) is 59.6 Å². The number of methoxy groups -OCH3 is 1. The first-order valence-electron chi connectivity index (χ1n) is 11.2. The Kier molecular flexibility index (Phi) is 5.97. The minimum Gasteiger partial charge on any atom is -0.493 e. The maximum Gasteiger partial charge on any atom is 0.258 e. The second kappa shape index (κ2) is 8.23. The minimum atomic E-state index is -0.297. The molecule has 166 valence electrons. The Morgan fingerprint density at radius 2 is 1.70 bits per heavy atom. The number of amides is 1. The summed E-state index contributed by atoms with van der Waals surface area (Å²) in [6.45, 7) is 6.47. The van der Waals surface area contributed by atoms with Crippen LogP contribution >= 0.6 is 11.6 Å². The number of halogens is 1. The van der Waals surface area contributed by atoms with Crippen molar-refractivity contribution in [1.29, 1.82) is 0 Å². The van der Waals surface area contributed by atoms with Gasteiger partial charge in [-0.3, -0.25) is 4.79 Å². The second-order valence-corrected chi connectivity index (χ2v) is 11.1. The summed E-state index contributed by atoms with van der Waals surface area (Å²) in [6, 6.07) is 3.70. The highest BCUT2D eigenvalue weighted by atomic mass is 35.5. The molecule has 4 saturated carbocycles. The van der Waals surface area contributed by atoms with Crippen LogP contribution in [0.5, 0.6) is 11.5 Å². The van der Waals surface area contributed by atoms with Gasteiger partial charge in [0.05, 0.1) is 7.11 Å². The monoisotopic (exact) mass is 434 g/mol. The molecular weight excluding hydrogens is 400 g/mol. The number of hydrogen-bond acceptors (Lipinski definition) is 4. The third-order valence-electron chi connectivity index (χ3n) is 6.90. The summed E-state index contributed by atoms with van der Waals surface area (Å²) in [5.41, 5.74) is 0.997. The summed E-state index contributed by atoms with van der Waals surface area (Å²) in [5.74, 6) is 3.64. The molecule has 0 unspecified atom stereocenters. The molecule has 0 aliphatic heterocycles. The lowest BCUT2D eigenvalue weighted by Crippen LogP contribution is -2.58. The minimum absolute atomic E-state index is 0.0746. The van der Waals surface area contributed by atoms with E-state index in [1.54, 1.807) is 13.2 Å². The van der Waals surface area contributed by atoms with Gasteiger partial charge in [0.1, 0.15) is 0 Å². The fourth-order valence-corrected chi connectivity index (χ4v) is 6.41. The fourth-order valence-electron chi connectivity index (χ4n) is 6.19. The van der Waals surface area contributed by atoms with Gasteiger partial charge < -0.3 is 20.1 Å². The van der Waals surface area contributed by atoms with E-state index in [9.17, 15) is 4.79 Å². The Labute approximate surface area is 185 Å². The van der Waals surface area contributed by atoms with Crippen LogP contribution in [0.4, 0.5) is 0 Å². The summed E-state index contributed by atoms with van der Waals surface area (Å²) in [4.78, 5) is 12.1. The largest absolute Gasteiger partial charge is 0.493 e. The molecule has 5 nitrogen and oxygen atoms in total. The Balaban J connectivity index is 1.40. The standard InChI is InChI=1S/C24H35ClN2O3/c1-23(2,3)27-22(28)14-30-21-9-19(25)18(8-20(21)29-4)13-26-24-10-15-5-16(11-24)7-17(6-15)12-24/h8-9,15-17,26H,5-7,10-14H2,1-4H3,(H,27,28). The first-order valence-corrected chi connectivity index (χ1v) is 11.6. The van der Waals surface area contributed by atoms with Gasteiger partial charge in [-0.15, -0.1) is 0 Å². The number of nitrogens with one attached hydrogen (secondary N) is 2. The second-order valence-electron chi connectivity index (χ2n) is 10.7. The quantitative estimate of drug-likeness (QED) is 0.653. The van der Waals surface area contributed by atoms with Crippen LogP contribution in [-0.4, -0.2) is 30.7 Å². The molecule has 5 rings (SSSR count). The third kappa shape index (κ3) is 4.88. The predicted octanol–water partition coefficient (Wildman–Crippen LogP) is 4.70. The van der Waals surface area contributed by atoms with Crippen molar-refractivity contribution in [3.8, 4) is 11.5 Å². The molecule has 2 N–H and O–H groups in total. The van der Waals surface area contributed by atoms with Crippen molar-refractivity contribution in [3.63, 3.8) is 0 Å². The van der Waals surface area contributed by atoms with Gasteiger partial charge in [-0.1, -0.05) is 11.6 Å². The first kappa shape index (κ1) is 21.8. The Morgan fingerprint density at radius 1 is 1.10 bits per heavy atom. The molecule has 0 saturated heterocycles. The molecule has 4 bridgehead atoms. The highest BCUT2D eigenvalue weighted by molar-refractivity contribution is 6.31. The van der Waals surface area contributed by atoms with Crippen LogP contribution in [0.1, 0.15) is 64.9 Å². The zero-order valence-corrected chi connectivity index (χ0v) is 19.4. The molecule has 6 heteroatoms. The van der Waals surface area contributed by atoms with Crippen LogP contribution in [0.15, 0.2) is 12.1 Å². The molecule has 4 aliphatic carbocycles. The van der Waals surface area contributed by atoms with Gasteiger partial charge in [-0.05, 0) is 88.7 Å². The summed E-state index contributed by atoms with van der Waals surface area (Å²) < 4.78 is 11.2. The average molecular weight is 435 g/mol. The van der Waals surface area contributed by atoms with E-state index in [4.69, 9.17) is 21.1 Å². The van der Waals surface area contributed by atoms with E-state index < -0.39 is 0 Å². The van der Waals surface area contributed by atoms with Gasteiger partial charge >= 0.3 is 0 Å². The van der Waals surface area contributed by atoms with Gasteiger partial charge in [0.2, 0.25) is 0 Å². The fraction of sp³-hybridized carbons (Fsp3) is 0.708. The molecule has 0 atom stereocenters. The molecule has 30 heavy (non-hydrogen) atoms. The molecule has 0 heterocycles. The van der Waals surface area contributed by atoms with Crippen molar-refractivity contribution in [3.05, 3.63) is 22.7 Å². The number of rotatable bonds is 7. The molecule has 0 radical (unpaired) electrons. The van der Waals surface area contributed by atoms with Crippen LogP contribution in [0.25, 0.3) is 0 Å². The molecular formula is C24H35ClN2O3. The van der Waals surface area contributed by atoms with Crippen molar-refractivity contribution < 1.29 is 14.3 Å². The third-order valence-corrected chi connectivity index (χ3v) is 7.25. The van der Waals surface area contributed by atoms with Crippen LogP contribution in [-0.2, 0) is 11.3 Å². The lowest BCUT2D eigenvalue weighted by Gasteiger charge is -2.57. The van der Waals surface area contributed by atoms with E-state index in [0.717, 1.165) is 29.9 Å². The number of hydrogen-bond donors (Lipinski definition) is 2. The number of ether oxygens (including phenoxy) is 2. The van der Waals surface area contributed by atoms with Gasteiger partial charge in [0, 0.05) is 28.7 Å². The molecule has 1 aromatic carbocycles. The molecule has 4 fully saturated rings. The van der Waals surface area contributed by atoms with Crippen molar-refractivity contribution in [2.75, 3.05) is 13.7 Å². The highest BCUT2D eigenvalue weighted by Gasteiger charge is 2.50. The molecule has 4 aliphatic rings. The zero-order chi connectivity index (χ0) is 21.5. The van der Waals surface area contributed by atoms with Crippen LogP contribution in [0, 0.1) is 17.8 Å². The SMILES string of the molecule is COc1cc(CNC23CC4CC(CC(C4)C2)C3)c(Cl)cc1OCC(=O)NC(C)(C)C. The van der Waals surface area contributed by atoms with Crippen LogP contribution in [0.2, 0.25) is 5.02 Å². The van der Waals surface area contributed by atoms with E-state index in [2.05, 4.69) is 10.6 Å². The lowest BCUT2D eigenvalue weighted by molar-refractivity contribution is -0.124. The molecule has 1 amide bonds. The summed E-state index contributed by atoms with van der Waals surface area (Å²) in [5, 5.41) is 7.41. The number of carbonyl (C=O) groups excluding carboxylic acids is 1. The van der Waals surface area contributed by atoms with E-state index in [0.29, 0.717) is 16.5 Å². The highest BCUT2D eigenvalue weighted by Crippen LogP contribution is 2.55. The maximum atomic E-state index is 12.1. The van der Waals surface area contributed by atoms with Crippen LogP contribution in [0.3, 0.4) is 0 Å². The average Bonchev–Trinajstić information content (AvgIpc) is 2.63. The van der Waals surface area contributed by atoms with Crippen LogP contribution < -0.4 is 20.1 Å². The van der Waals surface area contributed by atoms with Crippen molar-refractivity contribution in [2.24, 2.45) is 17.8 Å². The van der Waals surface area contributed by atoms with Gasteiger partial charge in [-0.25, -0.2) is 0 Å². The Morgan fingerprint density at radius 3 is 2.23 bits per heavy atom. The van der Waals surface area contributed by atoms with Gasteiger partial charge in [0.15, 0.2) is 18.1 Å². The van der Waals surface area contributed by atoms with Crippen molar-refractivity contribution >= 4 is 17.5 Å².